The van der Waals surface area contributed by atoms with Crippen LogP contribution in [-0.2, 0) is 6.42 Å². The van der Waals surface area contributed by atoms with Gasteiger partial charge in [-0.3, -0.25) is 4.98 Å². The third kappa shape index (κ3) is 2.25. The summed E-state index contributed by atoms with van der Waals surface area (Å²) in [5, 5.41) is 0.865. The largest absolute Gasteiger partial charge is 0.438 e. The number of rotatable bonds is 3. The normalized spacial score (nSPS) is 10.7. The van der Waals surface area contributed by atoms with Crippen LogP contribution in [0.1, 0.15) is 12.6 Å². The molecule has 0 aliphatic rings. The van der Waals surface area contributed by atoms with E-state index in [1.54, 1.807) is 12.3 Å². The molecule has 20 heavy (non-hydrogen) atoms. The number of nitrogens with two attached hydrogens (primary N) is 1. The lowest BCUT2D eigenvalue weighted by Gasteiger charge is -2.09. The van der Waals surface area contributed by atoms with E-state index in [2.05, 4.69) is 15.0 Å². The number of benzene rings is 1. The molecule has 3 rings (SSSR count). The molecule has 2 N–H and O–H groups in total. The van der Waals surface area contributed by atoms with E-state index in [0.29, 0.717) is 17.3 Å². The highest BCUT2D eigenvalue weighted by Gasteiger charge is 2.08. The maximum Gasteiger partial charge on any atom is 0.222 e. The summed E-state index contributed by atoms with van der Waals surface area (Å²) in [4.78, 5) is 12.6. The Kier molecular flexibility index (Phi) is 3.16. The summed E-state index contributed by atoms with van der Waals surface area (Å²) in [7, 11) is 0. The molecule has 100 valence electrons. The molecule has 0 saturated heterocycles. The Bertz CT molecular complexity index is 758. The summed E-state index contributed by atoms with van der Waals surface area (Å²) in [5.74, 6) is 1.20. The van der Waals surface area contributed by atoms with Crippen molar-refractivity contribution < 1.29 is 4.74 Å². The van der Waals surface area contributed by atoms with E-state index in [1.807, 2.05) is 31.2 Å². The van der Waals surface area contributed by atoms with Crippen LogP contribution in [0.25, 0.3) is 10.9 Å². The minimum atomic E-state index is 0.520. The molecule has 0 aliphatic carbocycles. The van der Waals surface area contributed by atoms with Crippen molar-refractivity contribution >= 4 is 16.6 Å². The third-order valence-corrected chi connectivity index (χ3v) is 3.04. The first-order valence-electron chi connectivity index (χ1n) is 6.40. The molecule has 2 aromatic heterocycles. The van der Waals surface area contributed by atoms with Crippen LogP contribution < -0.4 is 10.5 Å². The first kappa shape index (κ1) is 12.3. The highest BCUT2D eigenvalue weighted by atomic mass is 16.5. The van der Waals surface area contributed by atoms with Crippen molar-refractivity contribution in [3.8, 4) is 11.6 Å². The third-order valence-electron chi connectivity index (χ3n) is 3.04. The number of pyridine rings is 1. The Morgan fingerprint density at radius 3 is 2.90 bits per heavy atom. The van der Waals surface area contributed by atoms with Crippen LogP contribution in [-0.4, -0.2) is 15.0 Å². The molecular weight excluding hydrogens is 252 g/mol. The maximum atomic E-state index is 5.92. The van der Waals surface area contributed by atoms with Crippen LogP contribution in [0, 0.1) is 0 Å². The number of nitrogens with zero attached hydrogens (tertiary/aromatic N) is 3. The monoisotopic (exact) mass is 266 g/mol. The van der Waals surface area contributed by atoms with E-state index < -0.39 is 0 Å². The van der Waals surface area contributed by atoms with Gasteiger partial charge in [-0.25, -0.2) is 9.97 Å². The lowest BCUT2D eigenvalue weighted by atomic mass is 10.2. The van der Waals surface area contributed by atoms with Crippen molar-refractivity contribution in [3.05, 3.63) is 48.5 Å². The highest BCUT2D eigenvalue weighted by Crippen LogP contribution is 2.31. The molecule has 5 heteroatoms. The van der Waals surface area contributed by atoms with Gasteiger partial charge in [0.15, 0.2) is 0 Å². The van der Waals surface area contributed by atoms with E-state index in [1.165, 1.54) is 6.33 Å². The number of aryl methyl sites for hydroxylation is 1. The predicted octanol–water partition coefficient (Wildman–Crippen LogP) is 2.96. The zero-order chi connectivity index (χ0) is 13.9. The Balaban J connectivity index is 2.04. The van der Waals surface area contributed by atoms with Crippen molar-refractivity contribution in [1.82, 2.24) is 15.0 Å². The second kappa shape index (κ2) is 5.13. The summed E-state index contributed by atoms with van der Waals surface area (Å²) < 4.78 is 5.84. The number of anilines is 1. The summed E-state index contributed by atoms with van der Waals surface area (Å²) >= 11 is 0. The van der Waals surface area contributed by atoms with Crippen molar-refractivity contribution in [2.24, 2.45) is 0 Å². The molecule has 0 atom stereocenters. The molecular formula is C15H14N4O. The van der Waals surface area contributed by atoms with Crippen LogP contribution >= 0.6 is 0 Å². The minimum Gasteiger partial charge on any atom is -0.438 e. The summed E-state index contributed by atoms with van der Waals surface area (Å²) in [5.41, 5.74) is 8.22. The molecule has 5 nitrogen and oxygen atoms in total. The van der Waals surface area contributed by atoms with Gasteiger partial charge in [0.25, 0.3) is 0 Å². The molecule has 0 spiro atoms. The maximum absolute atomic E-state index is 5.92. The topological polar surface area (TPSA) is 73.9 Å². The molecule has 0 fully saturated rings. The second-order valence-electron chi connectivity index (χ2n) is 4.36. The average Bonchev–Trinajstić information content (AvgIpc) is 2.51. The highest BCUT2D eigenvalue weighted by molar-refractivity contribution is 5.93. The fourth-order valence-corrected chi connectivity index (χ4v) is 2.00. The number of hydrogen-bond acceptors (Lipinski definition) is 5. The van der Waals surface area contributed by atoms with Gasteiger partial charge in [-0.2, -0.15) is 0 Å². The van der Waals surface area contributed by atoms with E-state index >= 15 is 0 Å². The summed E-state index contributed by atoms with van der Waals surface area (Å²) in [6, 6.07) is 9.22. The first-order chi connectivity index (χ1) is 9.78. The van der Waals surface area contributed by atoms with Gasteiger partial charge >= 0.3 is 0 Å². The number of fused-ring (bicyclic) bond motifs is 1. The molecule has 0 bridgehead atoms. The second-order valence-corrected chi connectivity index (χ2v) is 4.36. The van der Waals surface area contributed by atoms with Gasteiger partial charge in [0.2, 0.25) is 5.88 Å². The molecule has 0 amide bonds. The SMILES string of the molecule is CCc1cc(Oc2ccc(N)c3ncccc23)ncn1. The lowest BCUT2D eigenvalue weighted by Crippen LogP contribution is -1.95. The van der Waals surface area contributed by atoms with Crippen LogP contribution in [0.4, 0.5) is 5.69 Å². The molecule has 0 unspecified atom stereocenters. The smallest absolute Gasteiger partial charge is 0.222 e. The van der Waals surface area contributed by atoms with Gasteiger partial charge in [0, 0.05) is 23.3 Å². The van der Waals surface area contributed by atoms with E-state index in [4.69, 9.17) is 10.5 Å². The fraction of sp³-hybridized carbons (Fsp3) is 0.133. The van der Waals surface area contributed by atoms with Crippen LogP contribution in [0.15, 0.2) is 42.9 Å². The quantitative estimate of drug-likeness (QED) is 0.738. The predicted molar refractivity (Wildman–Crippen MR) is 77.6 cm³/mol. The molecule has 3 aromatic rings. The molecule has 1 aromatic carbocycles. The molecule has 0 aliphatic heterocycles. The minimum absolute atomic E-state index is 0.520. The van der Waals surface area contributed by atoms with Crippen molar-refractivity contribution in [3.63, 3.8) is 0 Å². The fourth-order valence-electron chi connectivity index (χ4n) is 2.00. The molecule has 0 saturated carbocycles. The Morgan fingerprint density at radius 2 is 2.05 bits per heavy atom. The average molecular weight is 266 g/mol. The number of hydrogen-bond donors (Lipinski definition) is 1. The molecule has 2 heterocycles. The van der Waals surface area contributed by atoms with Crippen LogP contribution in [0.2, 0.25) is 0 Å². The van der Waals surface area contributed by atoms with Crippen molar-refractivity contribution in [2.45, 2.75) is 13.3 Å². The van der Waals surface area contributed by atoms with Gasteiger partial charge in [-0.15, -0.1) is 0 Å². The van der Waals surface area contributed by atoms with Crippen molar-refractivity contribution in [2.75, 3.05) is 5.73 Å². The van der Waals surface area contributed by atoms with Crippen LogP contribution in [0.3, 0.4) is 0 Å². The standard InChI is InChI=1S/C15H14N4O/c1-2-10-8-14(19-9-18-10)20-13-6-5-12(16)15-11(13)4-3-7-17-15/h3-9H,2,16H2,1H3. The van der Waals surface area contributed by atoms with Gasteiger partial charge in [-0.1, -0.05) is 6.92 Å². The van der Waals surface area contributed by atoms with E-state index in [9.17, 15) is 0 Å². The van der Waals surface area contributed by atoms with Gasteiger partial charge < -0.3 is 10.5 Å². The lowest BCUT2D eigenvalue weighted by molar-refractivity contribution is 0.465. The summed E-state index contributed by atoms with van der Waals surface area (Å²) in [6.45, 7) is 2.04. The van der Waals surface area contributed by atoms with Gasteiger partial charge in [0.1, 0.15) is 12.1 Å². The Morgan fingerprint density at radius 1 is 1.15 bits per heavy atom. The van der Waals surface area contributed by atoms with Crippen molar-refractivity contribution in [1.29, 1.82) is 0 Å². The van der Waals surface area contributed by atoms with Crippen LogP contribution in [0.5, 0.6) is 11.6 Å². The Hall–Kier alpha value is -2.69. The van der Waals surface area contributed by atoms with E-state index in [-0.39, 0.29) is 0 Å². The zero-order valence-corrected chi connectivity index (χ0v) is 11.1. The summed E-state index contributed by atoms with van der Waals surface area (Å²) in [6.07, 6.45) is 4.05. The first-order valence-corrected chi connectivity index (χ1v) is 6.40. The van der Waals surface area contributed by atoms with E-state index in [0.717, 1.165) is 23.0 Å². The Labute approximate surface area is 116 Å². The number of nitrogen functional groups attached to an aromatic ring is 1. The van der Waals surface area contributed by atoms with Gasteiger partial charge in [-0.05, 0) is 30.7 Å². The van der Waals surface area contributed by atoms with Gasteiger partial charge in [0.05, 0.1) is 11.2 Å². The zero-order valence-electron chi connectivity index (χ0n) is 11.1. The number of ether oxygens (including phenoxy) is 1. The molecule has 0 radical (unpaired) electrons. The number of aromatic nitrogens is 3.